The second-order valence-electron chi connectivity index (χ2n) is 7.07. The third kappa shape index (κ3) is 4.30. The molecule has 3 heterocycles. The first-order chi connectivity index (χ1) is 13.5. The fourth-order valence-electron chi connectivity index (χ4n) is 3.89. The number of piperidine rings is 1. The molecule has 4 rings (SSSR count). The van der Waals surface area contributed by atoms with Gasteiger partial charge in [0, 0.05) is 31.0 Å². The average Bonchev–Trinajstić information content (AvgIpc) is 2.70. The van der Waals surface area contributed by atoms with Gasteiger partial charge in [-0.1, -0.05) is 6.07 Å². The lowest BCUT2D eigenvalue weighted by atomic mass is 9.80. The largest absolute Gasteiger partial charge is 0.471 e. The van der Waals surface area contributed by atoms with Crippen LogP contribution in [0.5, 0.6) is 0 Å². The molecule has 1 aromatic carbocycles. The van der Waals surface area contributed by atoms with E-state index < -0.39 is 0 Å². The van der Waals surface area contributed by atoms with Crippen LogP contribution in [0.3, 0.4) is 0 Å². The molecule has 28 heavy (non-hydrogen) atoms. The van der Waals surface area contributed by atoms with Crippen LogP contribution in [0, 0.1) is 12.7 Å². The molecule has 0 radical (unpaired) electrons. The van der Waals surface area contributed by atoms with E-state index in [1.54, 1.807) is 6.20 Å². The molecule has 1 N–H and O–H groups in total. The van der Waals surface area contributed by atoms with Crippen molar-refractivity contribution in [3.63, 3.8) is 0 Å². The first-order valence-electron chi connectivity index (χ1n) is 9.30. The van der Waals surface area contributed by atoms with E-state index in [1.807, 2.05) is 30.0 Å². The molecule has 2 unspecified atom stereocenters. The highest BCUT2D eigenvalue weighted by Crippen LogP contribution is 2.38. The Morgan fingerprint density at radius 2 is 2.04 bits per heavy atom. The molecule has 0 saturated carbocycles. The number of methoxy groups -OCH3 is 1. The maximum atomic E-state index is 13.4. The van der Waals surface area contributed by atoms with Crippen LogP contribution in [-0.2, 0) is 9.53 Å². The first-order valence-corrected chi connectivity index (χ1v) is 9.30. The lowest BCUT2D eigenvalue weighted by Gasteiger charge is -2.52. The van der Waals surface area contributed by atoms with E-state index in [-0.39, 0.29) is 13.3 Å². The monoisotopic (exact) mass is 387 g/mol. The molecule has 0 spiro atoms. The van der Waals surface area contributed by atoms with Gasteiger partial charge in [0.25, 0.3) is 6.47 Å². The molecular formula is C21H26FN3O3. The number of aromatic nitrogens is 1. The second kappa shape index (κ2) is 8.82. The van der Waals surface area contributed by atoms with E-state index in [9.17, 15) is 9.18 Å². The number of fused-ring (bicyclic) bond motifs is 2. The van der Waals surface area contributed by atoms with Crippen molar-refractivity contribution in [2.24, 2.45) is 0 Å². The lowest BCUT2D eigenvalue weighted by molar-refractivity contribution is -0.126. The zero-order valence-corrected chi connectivity index (χ0v) is 16.0. The summed E-state index contributed by atoms with van der Waals surface area (Å²) in [6, 6.07) is 7.96. The van der Waals surface area contributed by atoms with E-state index in [1.165, 1.54) is 25.8 Å². The van der Waals surface area contributed by atoms with Crippen molar-refractivity contribution < 1.29 is 20.1 Å². The molecule has 2 amide bonds. The van der Waals surface area contributed by atoms with Crippen LogP contribution in [0.1, 0.15) is 32.7 Å². The van der Waals surface area contributed by atoms with Crippen molar-refractivity contribution in [3.05, 3.63) is 48.0 Å². The number of carbonyl (C=O) groups is 2. The Kier molecular flexibility index (Phi) is 6.23. The van der Waals surface area contributed by atoms with Crippen LogP contribution in [-0.4, -0.2) is 41.6 Å². The molecule has 2 atom stereocenters. The first kappa shape index (κ1) is 19.8. The highest BCUT2D eigenvalue weighted by atomic mass is 19.1. The van der Waals surface area contributed by atoms with E-state index in [2.05, 4.69) is 15.0 Å². The van der Waals surface area contributed by atoms with Crippen LogP contribution in [0.2, 0.25) is 0 Å². The number of carbonyl (C=O) groups excluding carboxylic acids is 2. The maximum absolute atomic E-state index is 13.4. The van der Waals surface area contributed by atoms with Crippen molar-refractivity contribution in [1.29, 1.82) is 0 Å². The number of urea groups is 1. The smallest absolute Gasteiger partial charge is 0.322 e. The summed E-state index contributed by atoms with van der Waals surface area (Å²) in [5.41, 5.74) is 3.34. The molecule has 6 nitrogen and oxygen atoms in total. The van der Waals surface area contributed by atoms with E-state index >= 15 is 0 Å². The van der Waals surface area contributed by atoms with Gasteiger partial charge < -0.3 is 15.0 Å². The van der Waals surface area contributed by atoms with Crippen LogP contribution in [0.15, 0.2) is 36.7 Å². The number of halogens is 1. The summed E-state index contributed by atoms with van der Waals surface area (Å²) in [6.45, 7) is 2.34. The highest BCUT2D eigenvalue weighted by molar-refractivity contribution is 5.91. The summed E-state index contributed by atoms with van der Waals surface area (Å²) < 4.78 is 17.3. The fourth-order valence-corrected chi connectivity index (χ4v) is 3.89. The van der Waals surface area contributed by atoms with Gasteiger partial charge in [-0.3, -0.25) is 9.78 Å². The third-order valence-electron chi connectivity index (χ3n) is 5.24. The number of pyridine rings is 1. The summed E-state index contributed by atoms with van der Waals surface area (Å²) >= 11 is 0. The molecule has 150 valence electrons. The molecule has 7 heteroatoms. The predicted molar refractivity (Wildman–Crippen MR) is 106 cm³/mol. The SMILES string of the molecule is COC=O.Cc1ccc(NC(=O)N2C3CCCC2C3)cc1-c1cncc(F)c1.[HH]. The van der Waals surface area contributed by atoms with Crippen molar-refractivity contribution in [1.82, 2.24) is 9.88 Å². The number of ether oxygens (including phenoxy) is 1. The Bertz CT molecular complexity index is 851. The van der Waals surface area contributed by atoms with E-state index in [0.29, 0.717) is 24.1 Å². The van der Waals surface area contributed by atoms with E-state index in [0.717, 1.165) is 36.1 Å². The summed E-state index contributed by atoms with van der Waals surface area (Å²) in [6.07, 6.45) is 7.40. The number of aryl methyl sites for hydroxylation is 1. The van der Waals surface area contributed by atoms with Crippen molar-refractivity contribution in [2.75, 3.05) is 12.4 Å². The Balaban J connectivity index is 0.000000552. The van der Waals surface area contributed by atoms with Gasteiger partial charge in [0.1, 0.15) is 5.82 Å². The van der Waals surface area contributed by atoms with Gasteiger partial charge in [0.15, 0.2) is 0 Å². The van der Waals surface area contributed by atoms with Gasteiger partial charge in [-0.05, 0) is 61.9 Å². The average molecular weight is 387 g/mol. The minimum atomic E-state index is -0.366. The standard InChI is InChI=1S/C19H20FN3O.C2H4O2.H2/c1-12-5-6-15(8-18(12)13-7-14(20)11-21-10-13)22-19(24)23-16-3-2-4-17(23)9-16;1-4-2-3;/h5-8,10-11,16-17H,2-4,9H2,1H3,(H,22,24);2H,1H3;1H. The Hall–Kier alpha value is -2.96. The second-order valence-corrected chi connectivity index (χ2v) is 7.07. The lowest BCUT2D eigenvalue weighted by Crippen LogP contribution is -2.62. The normalized spacial score (nSPS) is 19.6. The Labute approximate surface area is 165 Å². The number of hydrogen-bond acceptors (Lipinski definition) is 4. The van der Waals surface area contributed by atoms with Crippen LogP contribution in [0.25, 0.3) is 11.1 Å². The predicted octanol–water partition coefficient (Wildman–Crippen LogP) is 4.39. The number of amides is 2. The number of nitrogens with one attached hydrogen (secondary N) is 1. The fraction of sp³-hybridized carbons (Fsp3) is 0.381. The molecule has 2 aromatic rings. The number of hydrogen-bond donors (Lipinski definition) is 1. The van der Waals surface area contributed by atoms with Gasteiger partial charge in [-0.15, -0.1) is 0 Å². The molecule has 2 saturated heterocycles. The molecular weight excluding hydrogens is 361 g/mol. The summed E-state index contributed by atoms with van der Waals surface area (Å²) in [5.74, 6) is -0.366. The van der Waals surface area contributed by atoms with E-state index in [4.69, 9.17) is 4.79 Å². The topological polar surface area (TPSA) is 71.5 Å². The maximum Gasteiger partial charge on any atom is 0.322 e. The quantitative estimate of drug-likeness (QED) is 0.793. The van der Waals surface area contributed by atoms with Crippen LogP contribution in [0.4, 0.5) is 14.9 Å². The van der Waals surface area contributed by atoms with Crippen LogP contribution < -0.4 is 5.32 Å². The van der Waals surface area contributed by atoms with Crippen molar-refractivity contribution in [3.8, 4) is 11.1 Å². The summed E-state index contributed by atoms with van der Waals surface area (Å²) in [4.78, 5) is 27.4. The molecule has 2 bridgehead atoms. The minimum absolute atomic E-state index is 0. The molecule has 0 aliphatic carbocycles. The number of nitrogens with zero attached hydrogens (tertiary/aromatic N) is 2. The van der Waals surface area contributed by atoms with Gasteiger partial charge in [0.2, 0.25) is 0 Å². The number of anilines is 1. The Morgan fingerprint density at radius 1 is 1.32 bits per heavy atom. The minimum Gasteiger partial charge on any atom is -0.471 e. The van der Waals surface area contributed by atoms with Gasteiger partial charge >= 0.3 is 6.03 Å². The number of benzene rings is 1. The van der Waals surface area contributed by atoms with Crippen molar-refractivity contribution >= 4 is 18.2 Å². The highest BCUT2D eigenvalue weighted by Gasteiger charge is 2.44. The summed E-state index contributed by atoms with van der Waals surface area (Å²) in [5, 5.41) is 3.00. The molecule has 2 aliphatic heterocycles. The zero-order chi connectivity index (χ0) is 20.1. The van der Waals surface area contributed by atoms with Crippen molar-refractivity contribution in [2.45, 2.75) is 44.7 Å². The Morgan fingerprint density at radius 3 is 2.64 bits per heavy atom. The molecule has 1 aromatic heterocycles. The van der Waals surface area contributed by atoms with Crippen LogP contribution >= 0.6 is 0 Å². The molecule has 2 fully saturated rings. The summed E-state index contributed by atoms with van der Waals surface area (Å²) in [7, 11) is 1.31. The van der Waals surface area contributed by atoms with Gasteiger partial charge in [-0.25, -0.2) is 9.18 Å². The van der Waals surface area contributed by atoms with Gasteiger partial charge in [0.05, 0.1) is 13.3 Å². The molecule has 2 aliphatic rings. The third-order valence-corrected chi connectivity index (χ3v) is 5.24. The number of rotatable bonds is 3. The zero-order valence-electron chi connectivity index (χ0n) is 16.0. The van der Waals surface area contributed by atoms with Gasteiger partial charge in [-0.2, -0.15) is 0 Å².